The van der Waals surface area contributed by atoms with Crippen molar-refractivity contribution in [3.63, 3.8) is 0 Å². The molecule has 0 saturated carbocycles. The molecular formula is C10H12ClNS. The van der Waals surface area contributed by atoms with E-state index in [2.05, 4.69) is 23.9 Å². The van der Waals surface area contributed by atoms with Gasteiger partial charge in [0.15, 0.2) is 0 Å². The Morgan fingerprint density at radius 1 is 1.62 bits per heavy atom. The molecule has 0 bridgehead atoms. The Bertz CT molecular complexity index is 300. The first-order chi connectivity index (χ1) is 6.22. The molecule has 1 aromatic heterocycles. The average molecular weight is 214 g/mol. The first-order valence-electron chi connectivity index (χ1n) is 4.08. The van der Waals surface area contributed by atoms with Gasteiger partial charge in [-0.2, -0.15) is 0 Å². The molecule has 1 rings (SSSR count). The van der Waals surface area contributed by atoms with Gasteiger partial charge >= 0.3 is 0 Å². The van der Waals surface area contributed by atoms with Gasteiger partial charge in [0.1, 0.15) is 0 Å². The molecule has 0 N–H and O–H groups in total. The number of rotatable bonds is 4. The maximum Gasteiger partial charge on any atom is 0.0931 e. The van der Waals surface area contributed by atoms with Gasteiger partial charge in [-0.05, 0) is 19.2 Å². The van der Waals surface area contributed by atoms with Gasteiger partial charge in [-0.15, -0.1) is 23.7 Å². The number of halogens is 1. The van der Waals surface area contributed by atoms with Crippen molar-refractivity contribution in [1.82, 2.24) is 4.90 Å². The molecule has 0 atom stereocenters. The third kappa shape index (κ3) is 3.82. The van der Waals surface area contributed by atoms with Gasteiger partial charge in [0, 0.05) is 24.4 Å². The van der Waals surface area contributed by atoms with E-state index in [1.165, 1.54) is 4.88 Å². The Morgan fingerprint density at radius 3 is 2.92 bits per heavy atom. The van der Waals surface area contributed by atoms with Crippen molar-refractivity contribution in [3.05, 3.63) is 21.3 Å². The molecule has 1 heterocycles. The summed E-state index contributed by atoms with van der Waals surface area (Å²) in [5.41, 5.74) is 0. The number of thiophene rings is 1. The first-order valence-corrected chi connectivity index (χ1v) is 5.28. The molecule has 3 heteroatoms. The summed E-state index contributed by atoms with van der Waals surface area (Å²) in [7, 11) is 2.06. The van der Waals surface area contributed by atoms with Gasteiger partial charge in [-0.25, -0.2) is 0 Å². The zero-order chi connectivity index (χ0) is 9.68. The van der Waals surface area contributed by atoms with Crippen LogP contribution in [0.2, 0.25) is 4.34 Å². The Morgan fingerprint density at radius 2 is 2.38 bits per heavy atom. The molecule has 70 valence electrons. The summed E-state index contributed by atoms with van der Waals surface area (Å²) < 4.78 is 0.848. The van der Waals surface area contributed by atoms with Gasteiger partial charge in [0.05, 0.1) is 4.34 Å². The maximum atomic E-state index is 5.82. The molecule has 0 radical (unpaired) electrons. The minimum Gasteiger partial charge on any atom is -0.300 e. The van der Waals surface area contributed by atoms with E-state index in [0.717, 1.165) is 23.8 Å². The monoisotopic (exact) mass is 213 g/mol. The van der Waals surface area contributed by atoms with E-state index in [0.29, 0.717) is 0 Å². The maximum absolute atomic E-state index is 5.82. The molecule has 0 aliphatic carbocycles. The first kappa shape index (κ1) is 10.6. The predicted octanol–water partition coefficient (Wildman–Crippen LogP) is 2.86. The zero-order valence-electron chi connectivity index (χ0n) is 7.59. The molecule has 0 aromatic carbocycles. The third-order valence-corrected chi connectivity index (χ3v) is 2.91. The molecule has 13 heavy (non-hydrogen) atoms. The Hall–Kier alpha value is -0.490. The van der Waals surface area contributed by atoms with E-state index < -0.39 is 0 Å². The highest BCUT2D eigenvalue weighted by Gasteiger charge is 2.01. The van der Waals surface area contributed by atoms with Gasteiger partial charge in [0.25, 0.3) is 0 Å². The lowest BCUT2D eigenvalue weighted by molar-refractivity contribution is 0.338. The summed E-state index contributed by atoms with van der Waals surface area (Å²) in [4.78, 5) is 3.48. The molecule has 0 unspecified atom stereocenters. The van der Waals surface area contributed by atoms with E-state index in [4.69, 9.17) is 18.0 Å². The third-order valence-electron chi connectivity index (χ3n) is 1.69. The van der Waals surface area contributed by atoms with Crippen LogP contribution in [-0.4, -0.2) is 18.5 Å². The minimum absolute atomic E-state index is 0.801. The molecule has 1 aromatic rings. The van der Waals surface area contributed by atoms with Crippen LogP contribution in [0.4, 0.5) is 0 Å². The summed E-state index contributed by atoms with van der Waals surface area (Å²) in [6, 6.07) is 3.98. The summed E-state index contributed by atoms with van der Waals surface area (Å²) in [6.45, 7) is 1.87. The fraction of sp³-hybridized carbons (Fsp3) is 0.400. The smallest absolute Gasteiger partial charge is 0.0931 e. The second kappa shape index (κ2) is 5.29. The lowest BCUT2D eigenvalue weighted by Crippen LogP contribution is -2.17. The SMILES string of the molecule is C#CCCN(C)Cc1ccc(Cl)s1. The molecule has 0 aliphatic rings. The molecule has 1 nitrogen and oxygen atoms in total. The van der Waals surface area contributed by atoms with Crippen molar-refractivity contribution in [2.24, 2.45) is 0 Å². The largest absolute Gasteiger partial charge is 0.300 e. The number of nitrogens with zero attached hydrogens (tertiary/aromatic N) is 1. The van der Waals surface area contributed by atoms with Gasteiger partial charge in [-0.3, -0.25) is 0 Å². The normalized spacial score (nSPS) is 10.3. The molecule has 0 fully saturated rings. The molecule has 0 aliphatic heterocycles. The quantitative estimate of drug-likeness (QED) is 0.696. The number of terminal acetylenes is 1. The summed E-state index contributed by atoms with van der Waals surface area (Å²) in [5.74, 6) is 2.63. The standard InChI is InChI=1S/C10H12ClNS/c1-3-4-7-12(2)8-9-5-6-10(11)13-9/h1,5-6H,4,7-8H2,2H3. The fourth-order valence-electron chi connectivity index (χ4n) is 1.04. The molecule has 0 spiro atoms. The van der Waals surface area contributed by atoms with Crippen LogP contribution in [0.3, 0.4) is 0 Å². The van der Waals surface area contributed by atoms with Crippen LogP contribution in [0, 0.1) is 12.3 Å². The molecule has 0 amide bonds. The lowest BCUT2D eigenvalue weighted by atomic mass is 10.4. The number of hydrogen-bond donors (Lipinski definition) is 0. The highest BCUT2D eigenvalue weighted by molar-refractivity contribution is 7.16. The molecule has 0 saturated heterocycles. The van der Waals surface area contributed by atoms with E-state index >= 15 is 0 Å². The fourth-order valence-corrected chi connectivity index (χ4v) is 2.21. The zero-order valence-corrected chi connectivity index (χ0v) is 9.16. The van der Waals surface area contributed by atoms with E-state index in [1.807, 2.05) is 6.07 Å². The lowest BCUT2D eigenvalue weighted by Gasteiger charge is -2.13. The van der Waals surface area contributed by atoms with E-state index in [-0.39, 0.29) is 0 Å². The Kier molecular flexibility index (Phi) is 4.31. The van der Waals surface area contributed by atoms with Crippen molar-refractivity contribution in [2.45, 2.75) is 13.0 Å². The van der Waals surface area contributed by atoms with Crippen LogP contribution in [-0.2, 0) is 6.54 Å². The van der Waals surface area contributed by atoms with Gasteiger partial charge < -0.3 is 4.90 Å². The summed E-state index contributed by atoms with van der Waals surface area (Å²) >= 11 is 7.44. The van der Waals surface area contributed by atoms with Crippen molar-refractivity contribution in [2.75, 3.05) is 13.6 Å². The van der Waals surface area contributed by atoms with Crippen molar-refractivity contribution in [3.8, 4) is 12.3 Å². The van der Waals surface area contributed by atoms with Crippen molar-refractivity contribution >= 4 is 22.9 Å². The second-order valence-corrected chi connectivity index (χ2v) is 4.70. The van der Waals surface area contributed by atoms with Crippen molar-refractivity contribution < 1.29 is 0 Å². The van der Waals surface area contributed by atoms with Gasteiger partial charge in [-0.1, -0.05) is 11.6 Å². The van der Waals surface area contributed by atoms with Crippen LogP contribution < -0.4 is 0 Å². The Labute approximate surface area is 88.3 Å². The average Bonchev–Trinajstić information content (AvgIpc) is 2.48. The highest BCUT2D eigenvalue weighted by Crippen LogP contribution is 2.22. The predicted molar refractivity (Wildman–Crippen MR) is 59.1 cm³/mol. The highest BCUT2D eigenvalue weighted by atomic mass is 35.5. The van der Waals surface area contributed by atoms with Crippen LogP contribution in [0.5, 0.6) is 0 Å². The van der Waals surface area contributed by atoms with Gasteiger partial charge in [0.2, 0.25) is 0 Å². The van der Waals surface area contributed by atoms with Crippen LogP contribution in [0.15, 0.2) is 12.1 Å². The van der Waals surface area contributed by atoms with Crippen LogP contribution in [0.25, 0.3) is 0 Å². The van der Waals surface area contributed by atoms with Crippen molar-refractivity contribution in [1.29, 1.82) is 0 Å². The van der Waals surface area contributed by atoms with E-state index in [9.17, 15) is 0 Å². The topological polar surface area (TPSA) is 3.24 Å². The van der Waals surface area contributed by atoms with E-state index in [1.54, 1.807) is 11.3 Å². The number of hydrogen-bond acceptors (Lipinski definition) is 2. The van der Waals surface area contributed by atoms with Crippen LogP contribution >= 0.6 is 22.9 Å². The summed E-state index contributed by atoms with van der Waals surface area (Å²) in [5, 5.41) is 0. The summed E-state index contributed by atoms with van der Waals surface area (Å²) in [6.07, 6.45) is 5.98. The minimum atomic E-state index is 0.801. The van der Waals surface area contributed by atoms with Crippen LogP contribution in [0.1, 0.15) is 11.3 Å². The molecular weight excluding hydrogens is 202 g/mol. The second-order valence-electron chi connectivity index (χ2n) is 2.90. The Balaban J connectivity index is 2.37.